The van der Waals surface area contributed by atoms with Gasteiger partial charge < -0.3 is 10.6 Å². The van der Waals surface area contributed by atoms with Gasteiger partial charge in [0.2, 0.25) is 0 Å². The van der Waals surface area contributed by atoms with Gasteiger partial charge in [-0.3, -0.25) is 4.98 Å². The number of pyridine rings is 1. The molecule has 2 saturated heterocycles. The Hall–Kier alpha value is -0.930. The topological polar surface area (TPSA) is 37.0 Å². The van der Waals surface area contributed by atoms with Crippen molar-refractivity contribution in [3.8, 4) is 0 Å². The fourth-order valence-corrected chi connectivity index (χ4v) is 3.08. The molecule has 2 N–H and O–H groups in total. The van der Waals surface area contributed by atoms with Crippen LogP contribution in [0.1, 0.15) is 24.4 Å². The number of rotatable bonds is 1. The van der Waals surface area contributed by atoms with Gasteiger partial charge in [0.25, 0.3) is 0 Å². The highest BCUT2D eigenvalue weighted by atomic mass is 15.0. The second-order valence-electron chi connectivity index (χ2n) is 4.71. The van der Waals surface area contributed by atoms with Gasteiger partial charge in [0, 0.05) is 30.4 Å². The van der Waals surface area contributed by atoms with Crippen molar-refractivity contribution in [3.63, 3.8) is 0 Å². The quantitative estimate of drug-likeness (QED) is 0.717. The van der Waals surface area contributed by atoms with E-state index in [2.05, 4.69) is 27.8 Å². The summed E-state index contributed by atoms with van der Waals surface area (Å²) in [5.41, 5.74) is 1.85. The Morgan fingerprint density at radius 2 is 2.00 bits per heavy atom. The maximum atomic E-state index is 4.09. The van der Waals surface area contributed by atoms with Crippen LogP contribution in [-0.2, 0) is 0 Å². The van der Waals surface area contributed by atoms with Crippen LogP contribution in [0.2, 0.25) is 0 Å². The highest BCUT2D eigenvalue weighted by Gasteiger charge is 2.45. The van der Waals surface area contributed by atoms with Gasteiger partial charge in [-0.25, -0.2) is 0 Å². The zero-order chi connectivity index (χ0) is 10.1. The normalized spacial score (nSPS) is 35.1. The van der Waals surface area contributed by atoms with Crippen LogP contribution in [0, 0.1) is 5.41 Å². The lowest BCUT2D eigenvalue weighted by atomic mass is 9.77. The predicted molar refractivity (Wildman–Crippen MR) is 59.5 cm³/mol. The van der Waals surface area contributed by atoms with Crippen LogP contribution in [0.15, 0.2) is 24.5 Å². The maximum absolute atomic E-state index is 4.09. The zero-order valence-electron chi connectivity index (χ0n) is 8.87. The second-order valence-corrected chi connectivity index (χ2v) is 4.71. The molecule has 0 aliphatic carbocycles. The predicted octanol–water partition coefficient (Wildman–Crippen LogP) is 1.10. The summed E-state index contributed by atoms with van der Waals surface area (Å²) < 4.78 is 0. The summed E-state index contributed by atoms with van der Waals surface area (Å²) in [6.07, 6.45) is 6.39. The molecule has 2 atom stereocenters. The van der Waals surface area contributed by atoms with Crippen LogP contribution in [0.5, 0.6) is 0 Å². The number of hydrogen-bond acceptors (Lipinski definition) is 3. The Balaban J connectivity index is 1.92. The van der Waals surface area contributed by atoms with Crippen LogP contribution in [0.25, 0.3) is 0 Å². The van der Waals surface area contributed by atoms with Crippen molar-refractivity contribution in [2.75, 3.05) is 19.6 Å². The summed E-state index contributed by atoms with van der Waals surface area (Å²) in [5, 5.41) is 7.14. The lowest BCUT2D eigenvalue weighted by molar-refractivity contribution is 0.282. The Bertz CT molecular complexity index is 324. The molecule has 0 bridgehead atoms. The molecule has 3 heteroatoms. The summed E-state index contributed by atoms with van der Waals surface area (Å²) in [4.78, 5) is 4.09. The largest absolute Gasteiger partial charge is 0.316 e. The van der Waals surface area contributed by atoms with Crippen molar-refractivity contribution < 1.29 is 0 Å². The highest BCUT2D eigenvalue weighted by Crippen LogP contribution is 2.45. The van der Waals surface area contributed by atoms with Gasteiger partial charge in [-0.05, 0) is 43.6 Å². The molecule has 3 nitrogen and oxygen atoms in total. The van der Waals surface area contributed by atoms with E-state index >= 15 is 0 Å². The van der Waals surface area contributed by atoms with Crippen molar-refractivity contribution in [1.82, 2.24) is 15.6 Å². The standard InChI is InChI=1S/C12H17N3/c1-5-13-6-2-10(1)11-12(4-8-15-11)3-7-14-9-12/h1-2,5-6,11,14-15H,3-4,7-9H2. The minimum absolute atomic E-state index is 0.460. The Labute approximate surface area is 90.3 Å². The molecule has 3 rings (SSSR count). The molecule has 15 heavy (non-hydrogen) atoms. The summed E-state index contributed by atoms with van der Waals surface area (Å²) >= 11 is 0. The SMILES string of the molecule is c1cc(C2NCCC23CCNC3)ccn1. The average molecular weight is 203 g/mol. The van der Waals surface area contributed by atoms with E-state index in [1.165, 1.54) is 24.9 Å². The molecule has 2 aliphatic heterocycles. The Morgan fingerprint density at radius 3 is 2.73 bits per heavy atom. The molecule has 80 valence electrons. The van der Waals surface area contributed by atoms with Crippen LogP contribution in [0.3, 0.4) is 0 Å². The van der Waals surface area contributed by atoms with Gasteiger partial charge in [-0.15, -0.1) is 0 Å². The van der Waals surface area contributed by atoms with Crippen molar-refractivity contribution in [3.05, 3.63) is 30.1 Å². The molecule has 0 aromatic carbocycles. The van der Waals surface area contributed by atoms with E-state index in [9.17, 15) is 0 Å². The molecule has 1 spiro atoms. The molecular formula is C12H17N3. The van der Waals surface area contributed by atoms with E-state index in [1.807, 2.05) is 12.4 Å². The summed E-state index contributed by atoms with van der Waals surface area (Å²) in [6, 6.07) is 4.81. The number of aromatic nitrogens is 1. The lowest BCUT2D eigenvalue weighted by Gasteiger charge is -2.30. The Morgan fingerprint density at radius 1 is 1.20 bits per heavy atom. The Kier molecular flexibility index (Phi) is 2.22. The van der Waals surface area contributed by atoms with E-state index in [0.717, 1.165) is 13.1 Å². The van der Waals surface area contributed by atoms with Crippen LogP contribution in [0.4, 0.5) is 0 Å². The smallest absolute Gasteiger partial charge is 0.0391 e. The summed E-state index contributed by atoms with van der Waals surface area (Å²) in [6.45, 7) is 3.48. The average Bonchev–Trinajstić information content (AvgIpc) is 2.91. The number of hydrogen-bond donors (Lipinski definition) is 2. The summed E-state index contributed by atoms with van der Waals surface area (Å²) in [7, 11) is 0. The van der Waals surface area contributed by atoms with Gasteiger partial charge in [0.05, 0.1) is 0 Å². The van der Waals surface area contributed by atoms with E-state index in [1.54, 1.807) is 0 Å². The molecule has 2 unspecified atom stereocenters. The molecule has 2 aliphatic rings. The first kappa shape index (κ1) is 9.31. The third-order valence-electron chi connectivity index (χ3n) is 3.90. The van der Waals surface area contributed by atoms with Crippen LogP contribution < -0.4 is 10.6 Å². The zero-order valence-corrected chi connectivity index (χ0v) is 8.87. The van der Waals surface area contributed by atoms with Gasteiger partial charge in [0.1, 0.15) is 0 Å². The van der Waals surface area contributed by atoms with E-state index < -0.39 is 0 Å². The number of nitrogens with zero attached hydrogens (tertiary/aromatic N) is 1. The molecule has 1 aromatic heterocycles. The first-order valence-electron chi connectivity index (χ1n) is 5.75. The van der Waals surface area contributed by atoms with Crippen LogP contribution in [-0.4, -0.2) is 24.6 Å². The van der Waals surface area contributed by atoms with Gasteiger partial charge in [-0.1, -0.05) is 0 Å². The molecule has 0 amide bonds. The monoisotopic (exact) mass is 203 g/mol. The molecule has 0 saturated carbocycles. The first-order valence-corrected chi connectivity index (χ1v) is 5.75. The molecular weight excluding hydrogens is 186 g/mol. The van der Waals surface area contributed by atoms with Gasteiger partial charge >= 0.3 is 0 Å². The minimum atomic E-state index is 0.460. The maximum Gasteiger partial charge on any atom is 0.0391 e. The molecule has 3 heterocycles. The first-order chi connectivity index (χ1) is 7.41. The van der Waals surface area contributed by atoms with E-state index in [-0.39, 0.29) is 0 Å². The molecule has 1 aromatic rings. The highest BCUT2D eigenvalue weighted by molar-refractivity contribution is 5.21. The lowest BCUT2D eigenvalue weighted by Crippen LogP contribution is -2.31. The van der Waals surface area contributed by atoms with Gasteiger partial charge in [0.15, 0.2) is 0 Å². The third-order valence-corrected chi connectivity index (χ3v) is 3.90. The fourth-order valence-electron chi connectivity index (χ4n) is 3.08. The summed E-state index contributed by atoms with van der Waals surface area (Å²) in [5.74, 6) is 0. The van der Waals surface area contributed by atoms with Crippen molar-refractivity contribution in [1.29, 1.82) is 0 Å². The van der Waals surface area contributed by atoms with E-state index in [0.29, 0.717) is 11.5 Å². The van der Waals surface area contributed by atoms with Crippen molar-refractivity contribution in [2.24, 2.45) is 5.41 Å². The second kappa shape index (κ2) is 3.58. The third kappa shape index (κ3) is 1.46. The van der Waals surface area contributed by atoms with Gasteiger partial charge in [-0.2, -0.15) is 0 Å². The van der Waals surface area contributed by atoms with Crippen LogP contribution >= 0.6 is 0 Å². The van der Waals surface area contributed by atoms with Crippen molar-refractivity contribution in [2.45, 2.75) is 18.9 Å². The molecule has 2 fully saturated rings. The van der Waals surface area contributed by atoms with Crippen molar-refractivity contribution >= 4 is 0 Å². The fraction of sp³-hybridized carbons (Fsp3) is 0.583. The number of nitrogens with one attached hydrogen (secondary N) is 2. The molecule has 0 radical (unpaired) electrons. The van der Waals surface area contributed by atoms with E-state index in [4.69, 9.17) is 0 Å². The minimum Gasteiger partial charge on any atom is -0.316 e.